The van der Waals surface area contributed by atoms with E-state index in [-0.39, 0.29) is 12.1 Å². The fraction of sp³-hybridized carbons (Fsp3) is 0.458. The van der Waals surface area contributed by atoms with Crippen LogP contribution < -0.4 is 10.1 Å². The van der Waals surface area contributed by atoms with Crippen molar-refractivity contribution in [2.75, 3.05) is 13.1 Å². The van der Waals surface area contributed by atoms with Crippen molar-refractivity contribution in [2.24, 2.45) is 0 Å². The molecule has 0 unspecified atom stereocenters. The number of halogens is 1. The standard InChI is InChI=1S/C24H31BrN2O3/c1-24(2,3)30-23(28)26-19-11-8-14-27(15-19)16-20-21(25)12-7-13-22(20)29-17-18-9-5-4-6-10-18/h4-7,9-10,12-13,19H,8,11,14-17H2,1-3H3,(H,26,28)/t19-/m1/s1. The van der Waals surface area contributed by atoms with E-state index >= 15 is 0 Å². The maximum absolute atomic E-state index is 12.1. The second-order valence-corrected chi connectivity index (χ2v) is 9.57. The van der Waals surface area contributed by atoms with Crippen LogP contribution in [-0.4, -0.2) is 35.7 Å². The number of benzene rings is 2. The molecule has 1 amide bonds. The number of likely N-dealkylation sites (tertiary alicyclic amines) is 1. The number of rotatable bonds is 6. The molecule has 1 N–H and O–H groups in total. The number of nitrogens with zero attached hydrogens (tertiary/aromatic N) is 1. The highest BCUT2D eigenvalue weighted by atomic mass is 79.9. The Morgan fingerprint density at radius 1 is 1.17 bits per heavy atom. The molecule has 0 radical (unpaired) electrons. The van der Waals surface area contributed by atoms with Crippen molar-refractivity contribution in [2.45, 2.75) is 58.4 Å². The largest absolute Gasteiger partial charge is 0.489 e. The second-order valence-electron chi connectivity index (χ2n) is 8.71. The Labute approximate surface area is 187 Å². The van der Waals surface area contributed by atoms with Gasteiger partial charge in [0, 0.05) is 29.2 Å². The lowest BCUT2D eigenvalue weighted by Crippen LogP contribution is -2.48. The number of carbonyl (C=O) groups is 1. The molecule has 0 bridgehead atoms. The number of hydrogen-bond acceptors (Lipinski definition) is 4. The summed E-state index contributed by atoms with van der Waals surface area (Å²) < 4.78 is 12.6. The first-order valence-corrected chi connectivity index (χ1v) is 11.3. The van der Waals surface area contributed by atoms with Crippen LogP contribution in [0.5, 0.6) is 5.75 Å². The summed E-state index contributed by atoms with van der Waals surface area (Å²) in [5.74, 6) is 0.885. The zero-order valence-corrected chi connectivity index (χ0v) is 19.6. The van der Waals surface area contributed by atoms with Gasteiger partial charge in [-0.15, -0.1) is 0 Å². The second kappa shape index (κ2) is 10.3. The average molecular weight is 475 g/mol. The highest BCUT2D eigenvalue weighted by Crippen LogP contribution is 2.30. The Hall–Kier alpha value is -2.05. The molecule has 1 fully saturated rings. The summed E-state index contributed by atoms with van der Waals surface area (Å²) in [5.41, 5.74) is 1.78. The van der Waals surface area contributed by atoms with Gasteiger partial charge in [-0.2, -0.15) is 0 Å². The van der Waals surface area contributed by atoms with Gasteiger partial charge in [-0.3, -0.25) is 4.90 Å². The van der Waals surface area contributed by atoms with Crippen LogP contribution in [0.4, 0.5) is 4.79 Å². The first-order valence-electron chi connectivity index (χ1n) is 10.5. The van der Waals surface area contributed by atoms with Gasteiger partial charge in [-0.25, -0.2) is 4.79 Å². The fourth-order valence-corrected chi connectivity index (χ4v) is 4.05. The zero-order chi connectivity index (χ0) is 21.6. The van der Waals surface area contributed by atoms with Crippen LogP contribution in [0.2, 0.25) is 0 Å². The van der Waals surface area contributed by atoms with E-state index < -0.39 is 5.60 Å². The molecule has 6 heteroatoms. The molecule has 1 atom stereocenters. The number of alkyl carbamates (subject to hydrolysis) is 1. The van der Waals surface area contributed by atoms with Gasteiger partial charge in [0.15, 0.2) is 0 Å². The van der Waals surface area contributed by atoms with E-state index in [1.807, 2.05) is 57.2 Å². The molecule has 1 saturated heterocycles. The van der Waals surface area contributed by atoms with Crippen molar-refractivity contribution in [3.8, 4) is 5.75 Å². The molecule has 1 heterocycles. The molecule has 0 spiro atoms. The number of piperidine rings is 1. The third kappa shape index (κ3) is 7.03. The minimum atomic E-state index is -0.488. The highest BCUT2D eigenvalue weighted by molar-refractivity contribution is 9.10. The van der Waals surface area contributed by atoms with Crippen LogP contribution in [0, 0.1) is 0 Å². The minimum absolute atomic E-state index is 0.0878. The number of hydrogen-bond donors (Lipinski definition) is 1. The van der Waals surface area contributed by atoms with Crippen LogP contribution in [0.3, 0.4) is 0 Å². The van der Waals surface area contributed by atoms with E-state index in [0.717, 1.165) is 53.8 Å². The van der Waals surface area contributed by atoms with E-state index in [9.17, 15) is 4.79 Å². The molecule has 162 valence electrons. The molecule has 0 aliphatic carbocycles. The summed E-state index contributed by atoms with van der Waals surface area (Å²) in [6, 6.07) is 16.3. The van der Waals surface area contributed by atoms with Crippen molar-refractivity contribution < 1.29 is 14.3 Å². The van der Waals surface area contributed by atoms with E-state index in [0.29, 0.717) is 6.61 Å². The van der Waals surface area contributed by atoms with E-state index in [4.69, 9.17) is 9.47 Å². The van der Waals surface area contributed by atoms with Crippen LogP contribution in [0.25, 0.3) is 0 Å². The van der Waals surface area contributed by atoms with Crippen LogP contribution in [0.15, 0.2) is 53.0 Å². The van der Waals surface area contributed by atoms with Gasteiger partial charge in [0.2, 0.25) is 0 Å². The van der Waals surface area contributed by atoms with Gasteiger partial charge in [-0.1, -0.05) is 52.3 Å². The average Bonchev–Trinajstić information content (AvgIpc) is 2.68. The van der Waals surface area contributed by atoms with Crippen LogP contribution in [0.1, 0.15) is 44.7 Å². The lowest BCUT2D eigenvalue weighted by molar-refractivity contribution is 0.0470. The van der Waals surface area contributed by atoms with Crippen molar-refractivity contribution >= 4 is 22.0 Å². The molecular weight excluding hydrogens is 444 g/mol. The first-order chi connectivity index (χ1) is 14.3. The zero-order valence-electron chi connectivity index (χ0n) is 18.0. The molecule has 3 rings (SSSR count). The SMILES string of the molecule is CC(C)(C)OC(=O)N[C@@H]1CCCN(Cc2c(Br)cccc2OCc2ccccc2)C1. The molecule has 0 aromatic heterocycles. The highest BCUT2D eigenvalue weighted by Gasteiger charge is 2.25. The van der Waals surface area contributed by atoms with Crippen LogP contribution in [-0.2, 0) is 17.9 Å². The van der Waals surface area contributed by atoms with Gasteiger partial charge in [-0.05, 0) is 57.9 Å². The molecule has 0 saturated carbocycles. The Morgan fingerprint density at radius 3 is 2.67 bits per heavy atom. The minimum Gasteiger partial charge on any atom is -0.489 e. The Morgan fingerprint density at radius 2 is 1.93 bits per heavy atom. The summed E-state index contributed by atoms with van der Waals surface area (Å²) in [6.45, 7) is 8.72. The molecule has 5 nitrogen and oxygen atoms in total. The number of ether oxygens (including phenoxy) is 2. The molecule has 1 aliphatic rings. The lowest BCUT2D eigenvalue weighted by Gasteiger charge is -2.34. The summed E-state index contributed by atoms with van der Waals surface area (Å²) in [5, 5.41) is 3.02. The van der Waals surface area contributed by atoms with Gasteiger partial charge < -0.3 is 14.8 Å². The molecule has 2 aromatic rings. The smallest absolute Gasteiger partial charge is 0.407 e. The predicted octanol–water partition coefficient (Wildman–Crippen LogP) is 5.52. The first kappa shape index (κ1) is 22.6. The summed E-state index contributed by atoms with van der Waals surface area (Å²) in [6.07, 6.45) is 1.65. The number of nitrogens with one attached hydrogen (secondary N) is 1. The lowest BCUT2D eigenvalue weighted by atomic mass is 10.0. The van der Waals surface area contributed by atoms with E-state index in [1.54, 1.807) is 0 Å². The van der Waals surface area contributed by atoms with E-state index in [1.165, 1.54) is 0 Å². The van der Waals surface area contributed by atoms with Crippen molar-refractivity contribution in [1.82, 2.24) is 10.2 Å². The summed E-state index contributed by atoms with van der Waals surface area (Å²) in [7, 11) is 0. The number of amides is 1. The van der Waals surface area contributed by atoms with Gasteiger partial charge >= 0.3 is 6.09 Å². The molecule has 1 aliphatic heterocycles. The van der Waals surface area contributed by atoms with Crippen LogP contribution >= 0.6 is 15.9 Å². The van der Waals surface area contributed by atoms with Crippen molar-refractivity contribution in [3.63, 3.8) is 0 Å². The van der Waals surface area contributed by atoms with E-state index in [2.05, 4.69) is 38.3 Å². The Balaban J connectivity index is 1.61. The predicted molar refractivity (Wildman–Crippen MR) is 123 cm³/mol. The molecule has 30 heavy (non-hydrogen) atoms. The Bertz CT molecular complexity index is 836. The number of carbonyl (C=O) groups excluding carboxylic acids is 1. The third-order valence-corrected chi connectivity index (χ3v) is 5.66. The van der Waals surface area contributed by atoms with Crippen molar-refractivity contribution in [1.29, 1.82) is 0 Å². The molecule has 2 aromatic carbocycles. The summed E-state index contributed by atoms with van der Waals surface area (Å²) >= 11 is 3.69. The monoisotopic (exact) mass is 474 g/mol. The molecular formula is C24H31BrN2O3. The topological polar surface area (TPSA) is 50.8 Å². The maximum Gasteiger partial charge on any atom is 0.407 e. The van der Waals surface area contributed by atoms with Gasteiger partial charge in [0.25, 0.3) is 0 Å². The Kier molecular flexibility index (Phi) is 7.78. The maximum atomic E-state index is 12.1. The summed E-state index contributed by atoms with van der Waals surface area (Å²) in [4.78, 5) is 14.5. The normalized spacial score (nSPS) is 17.4. The van der Waals surface area contributed by atoms with Gasteiger partial charge in [0.05, 0.1) is 0 Å². The van der Waals surface area contributed by atoms with Gasteiger partial charge in [0.1, 0.15) is 18.0 Å². The third-order valence-electron chi connectivity index (χ3n) is 4.92. The fourth-order valence-electron chi connectivity index (χ4n) is 3.58. The van der Waals surface area contributed by atoms with Crippen molar-refractivity contribution in [3.05, 3.63) is 64.1 Å². The quantitative estimate of drug-likeness (QED) is 0.598.